The van der Waals surface area contributed by atoms with Gasteiger partial charge in [-0.25, -0.2) is 4.79 Å². The number of hydrogen-bond donors (Lipinski definition) is 2. The smallest absolute Gasteiger partial charge is 0.409 e. The Morgan fingerprint density at radius 3 is 3.14 bits per heavy atom. The average Bonchev–Trinajstić information content (AvgIpc) is 2.25. The second kappa shape index (κ2) is 5.82. The van der Waals surface area contributed by atoms with E-state index in [0.717, 1.165) is 25.9 Å². The van der Waals surface area contributed by atoms with Crippen LogP contribution >= 0.6 is 0 Å². The van der Waals surface area contributed by atoms with E-state index < -0.39 is 0 Å². The lowest BCUT2D eigenvalue weighted by molar-refractivity contribution is 0.0894. The molecule has 0 radical (unpaired) electrons. The quantitative estimate of drug-likeness (QED) is 0.665. The predicted molar refractivity (Wildman–Crippen MR) is 52.1 cm³/mol. The molecule has 0 aromatic heterocycles. The standard InChI is InChI=1S/C9H18N2O3/c1-14-9(13)11-5-4-10-7-8(11)3-2-6-12/h8,10,12H,2-7H2,1H3. The molecular formula is C9H18N2O3. The summed E-state index contributed by atoms with van der Waals surface area (Å²) in [5.74, 6) is 0. The highest BCUT2D eigenvalue weighted by atomic mass is 16.5. The van der Waals surface area contributed by atoms with Gasteiger partial charge in [-0.1, -0.05) is 0 Å². The van der Waals surface area contributed by atoms with E-state index in [0.29, 0.717) is 6.54 Å². The van der Waals surface area contributed by atoms with Gasteiger partial charge in [0.2, 0.25) is 0 Å². The van der Waals surface area contributed by atoms with Crippen LogP contribution in [0.5, 0.6) is 0 Å². The average molecular weight is 202 g/mol. The van der Waals surface area contributed by atoms with Crippen molar-refractivity contribution in [1.82, 2.24) is 10.2 Å². The zero-order chi connectivity index (χ0) is 10.4. The molecule has 0 saturated carbocycles. The van der Waals surface area contributed by atoms with Gasteiger partial charge in [0.05, 0.1) is 7.11 Å². The fourth-order valence-electron chi connectivity index (χ4n) is 1.70. The second-order valence-electron chi connectivity index (χ2n) is 3.39. The molecule has 82 valence electrons. The minimum absolute atomic E-state index is 0.156. The SMILES string of the molecule is COC(=O)N1CCNCC1CCCO. The third-order valence-electron chi connectivity index (χ3n) is 2.45. The number of rotatable bonds is 3. The molecule has 1 aliphatic heterocycles. The Morgan fingerprint density at radius 2 is 2.50 bits per heavy atom. The minimum Gasteiger partial charge on any atom is -0.453 e. The summed E-state index contributed by atoms with van der Waals surface area (Å²) >= 11 is 0. The molecule has 14 heavy (non-hydrogen) atoms. The van der Waals surface area contributed by atoms with Crippen molar-refractivity contribution in [3.05, 3.63) is 0 Å². The number of hydrogen-bond acceptors (Lipinski definition) is 4. The van der Waals surface area contributed by atoms with Gasteiger partial charge in [-0.15, -0.1) is 0 Å². The molecule has 0 aliphatic carbocycles. The van der Waals surface area contributed by atoms with E-state index in [4.69, 9.17) is 9.84 Å². The fraction of sp³-hybridized carbons (Fsp3) is 0.889. The first-order chi connectivity index (χ1) is 6.79. The van der Waals surface area contributed by atoms with Gasteiger partial charge in [0.15, 0.2) is 0 Å². The molecule has 1 amide bonds. The maximum absolute atomic E-state index is 11.4. The monoisotopic (exact) mass is 202 g/mol. The lowest BCUT2D eigenvalue weighted by Gasteiger charge is -2.35. The number of ether oxygens (including phenoxy) is 1. The first kappa shape index (κ1) is 11.3. The molecule has 0 aromatic carbocycles. The van der Waals surface area contributed by atoms with Crippen molar-refractivity contribution < 1.29 is 14.6 Å². The minimum atomic E-state index is -0.269. The van der Waals surface area contributed by atoms with Crippen LogP contribution in [-0.2, 0) is 4.74 Å². The molecular weight excluding hydrogens is 184 g/mol. The molecule has 1 rings (SSSR count). The van der Waals surface area contributed by atoms with Gasteiger partial charge in [-0.3, -0.25) is 0 Å². The number of piperazine rings is 1. The molecule has 0 aromatic rings. The van der Waals surface area contributed by atoms with Crippen molar-refractivity contribution in [2.45, 2.75) is 18.9 Å². The van der Waals surface area contributed by atoms with Crippen molar-refractivity contribution in [3.63, 3.8) is 0 Å². The Kier molecular flexibility index (Phi) is 4.69. The van der Waals surface area contributed by atoms with Crippen LogP contribution in [0.4, 0.5) is 4.79 Å². The molecule has 1 fully saturated rings. The highest BCUT2D eigenvalue weighted by Gasteiger charge is 2.26. The molecule has 0 spiro atoms. The van der Waals surface area contributed by atoms with Gasteiger partial charge < -0.3 is 20.1 Å². The molecule has 5 nitrogen and oxygen atoms in total. The number of carbonyl (C=O) groups excluding carboxylic acids is 1. The van der Waals surface area contributed by atoms with Crippen LogP contribution in [0.2, 0.25) is 0 Å². The molecule has 1 saturated heterocycles. The summed E-state index contributed by atoms with van der Waals surface area (Å²) < 4.78 is 4.70. The zero-order valence-electron chi connectivity index (χ0n) is 8.53. The maximum Gasteiger partial charge on any atom is 0.409 e. The molecule has 1 unspecified atom stereocenters. The molecule has 1 heterocycles. The summed E-state index contributed by atoms with van der Waals surface area (Å²) in [6, 6.07) is 0.156. The Morgan fingerprint density at radius 1 is 1.71 bits per heavy atom. The molecule has 5 heteroatoms. The van der Waals surface area contributed by atoms with Crippen molar-refractivity contribution in [2.24, 2.45) is 0 Å². The Balaban J connectivity index is 2.45. The van der Waals surface area contributed by atoms with E-state index >= 15 is 0 Å². The topological polar surface area (TPSA) is 61.8 Å². The van der Waals surface area contributed by atoms with Crippen molar-refractivity contribution >= 4 is 6.09 Å². The summed E-state index contributed by atoms with van der Waals surface area (Å²) in [5.41, 5.74) is 0. The van der Waals surface area contributed by atoms with Crippen LogP contribution in [0.3, 0.4) is 0 Å². The lowest BCUT2D eigenvalue weighted by atomic mass is 10.1. The van der Waals surface area contributed by atoms with Gasteiger partial charge >= 0.3 is 6.09 Å². The lowest BCUT2D eigenvalue weighted by Crippen LogP contribution is -2.53. The zero-order valence-corrected chi connectivity index (χ0v) is 8.53. The number of aliphatic hydroxyl groups excluding tert-OH is 1. The first-order valence-electron chi connectivity index (χ1n) is 4.95. The van der Waals surface area contributed by atoms with Gasteiger partial charge in [-0.2, -0.15) is 0 Å². The third kappa shape index (κ3) is 2.85. The van der Waals surface area contributed by atoms with Crippen LogP contribution in [0.25, 0.3) is 0 Å². The van der Waals surface area contributed by atoms with Gasteiger partial charge in [-0.05, 0) is 12.8 Å². The number of methoxy groups -OCH3 is 1. The Hall–Kier alpha value is -0.810. The summed E-state index contributed by atoms with van der Waals surface area (Å²) in [7, 11) is 1.40. The third-order valence-corrected chi connectivity index (χ3v) is 2.45. The summed E-state index contributed by atoms with van der Waals surface area (Å²) in [6.07, 6.45) is 1.27. The highest BCUT2D eigenvalue weighted by Crippen LogP contribution is 2.10. The van der Waals surface area contributed by atoms with Crippen LogP contribution in [0, 0.1) is 0 Å². The largest absolute Gasteiger partial charge is 0.453 e. The molecule has 1 atom stereocenters. The number of aliphatic hydroxyl groups is 1. The van der Waals surface area contributed by atoms with Crippen LogP contribution < -0.4 is 5.32 Å². The summed E-state index contributed by atoms with van der Waals surface area (Å²) in [4.78, 5) is 13.1. The number of amides is 1. The van der Waals surface area contributed by atoms with Gasteiger partial charge in [0, 0.05) is 32.3 Å². The number of carbonyl (C=O) groups is 1. The highest BCUT2D eigenvalue weighted by molar-refractivity contribution is 5.68. The van der Waals surface area contributed by atoms with Gasteiger partial charge in [0.25, 0.3) is 0 Å². The van der Waals surface area contributed by atoms with Crippen molar-refractivity contribution in [1.29, 1.82) is 0 Å². The normalized spacial score (nSPS) is 22.1. The molecule has 2 N–H and O–H groups in total. The Labute approximate surface area is 84.0 Å². The summed E-state index contributed by atoms with van der Waals surface area (Å²) in [5, 5.41) is 11.9. The van der Waals surface area contributed by atoms with E-state index in [1.165, 1.54) is 7.11 Å². The van der Waals surface area contributed by atoms with Crippen molar-refractivity contribution in [3.8, 4) is 0 Å². The summed E-state index contributed by atoms with van der Waals surface area (Å²) in [6.45, 7) is 2.45. The van der Waals surface area contributed by atoms with Crippen molar-refractivity contribution in [2.75, 3.05) is 33.4 Å². The van der Waals surface area contributed by atoms with Crippen LogP contribution in [0.15, 0.2) is 0 Å². The predicted octanol–water partition coefficient (Wildman–Crippen LogP) is -0.201. The van der Waals surface area contributed by atoms with E-state index in [2.05, 4.69) is 5.32 Å². The van der Waals surface area contributed by atoms with Crippen LogP contribution in [-0.4, -0.2) is 55.5 Å². The molecule has 0 bridgehead atoms. The second-order valence-corrected chi connectivity index (χ2v) is 3.39. The number of nitrogens with one attached hydrogen (secondary N) is 1. The van der Waals surface area contributed by atoms with E-state index in [1.54, 1.807) is 4.90 Å². The van der Waals surface area contributed by atoms with E-state index in [-0.39, 0.29) is 18.7 Å². The fourth-order valence-corrected chi connectivity index (χ4v) is 1.70. The van der Waals surface area contributed by atoms with E-state index in [1.807, 2.05) is 0 Å². The maximum atomic E-state index is 11.4. The number of nitrogens with zero attached hydrogens (tertiary/aromatic N) is 1. The first-order valence-corrected chi connectivity index (χ1v) is 4.95. The Bertz CT molecular complexity index is 187. The van der Waals surface area contributed by atoms with Gasteiger partial charge in [0.1, 0.15) is 0 Å². The van der Waals surface area contributed by atoms with E-state index in [9.17, 15) is 4.79 Å². The van der Waals surface area contributed by atoms with Crippen LogP contribution in [0.1, 0.15) is 12.8 Å². The molecule has 1 aliphatic rings.